The molecule has 2 saturated heterocycles. The molecule has 0 unspecified atom stereocenters. The normalized spacial score (nSPS) is 58.8. The molecular formula is C30H40O4. The van der Waals surface area contributed by atoms with Crippen molar-refractivity contribution in [1.29, 1.82) is 0 Å². The summed E-state index contributed by atoms with van der Waals surface area (Å²) >= 11 is 0. The first-order chi connectivity index (χ1) is 16.0. The van der Waals surface area contributed by atoms with E-state index in [1.54, 1.807) is 0 Å². The van der Waals surface area contributed by atoms with Crippen LogP contribution >= 0.6 is 0 Å². The summed E-state index contributed by atoms with van der Waals surface area (Å²) in [7, 11) is 0. The van der Waals surface area contributed by atoms with E-state index in [2.05, 4.69) is 67.5 Å². The van der Waals surface area contributed by atoms with Gasteiger partial charge in [-0.2, -0.15) is 0 Å². The van der Waals surface area contributed by atoms with Crippen LogP contribution in [-0.2, 0) is 18.9 Å². The molecule has 0 aromatic heterocycles. The maximum atomic E-state index is 6.73. The minimum absolute atomic E-state index is 0.0629. The van der Waals surface area contributed by atoms with Crippen LogP contribution in [0.3, 0.4) is 0 Å². The largest absolute Gasteiger partial charge is 0.346 e. The minimum atomic E-state index is -0.533. The Morgan fingerprint density at radius 3 is 1.50 bits per heavy atom. The molecule has 2 heterocycles. The van der Waals surface area contributed by atoms with Crippen LogP contribution in [0, 0.1) is 57.2 Å². The van der Waals surface area contributed by atoms with Crippen LogP contribution in [0.4, 0.5) is 0 Å². The van der Waals surface area contributed by atoms with Crippen molar-refractivity contribution in [2.75, 3.05) is 26.4 Å². The quantitative estimate of drug-likeness (QED) is 0.443. The van der Waals surface area contributed by atoms with Gasteiger partial charge in [0.15, 0.2) is 11.6 Å². The summed E-state index contributed by atoms with van der Waals surface area (Å²) in [5, 5.41) is 0. The molecule has 8 rings (SSSR count). The van der Waals surface area contributed by atoms with Crippen LogP contribution in [0.2, 0.25) is 0 Å². The second-order valence-corrected chi connectivity index (χ2v) is 13.6. The van der Waals surface area contributed by atoms with Crippen molar-refractivity contribution in [2.24, 2.45) is 57.2 Å². The van der Waals surface area contributed by atoms with Crippen LogP contribution in [-0.4, -0.2) is 38.0 Å². The standard InChI is InChI=1S/C30H40O4/c1-15-16(2)27(7)23-20(25(15,5)29(27)31-11-12-32-29)10-9-19-21(23)24-22(19)26(6)17(3)18(4)28(24,8)30(26)33-13-14-34-30/h9-10,19-24H,11-14H2,1-8H3/t19-,20-,21-,22+,23-,24-,25-,26+,27-,28+/m0/s1. The van der Waals surface area contributed by atoms with E-state index in [4.69, 9.17) is 18.9 Å². The lowest BCUT2D eigenvalue weighted by molar-refractivity contribution is -0.252. The maximum absolute atomic E-state index is 6.73. The second kappa shape index (κ2) is 5.49. The van der Waals surface area contributed by atoms with Gasteiger partial charge >= 0.3 is 0 Å². The van der Waals surface area contributed by atoms with Crippen molar-refractivity contribution >= 4 is 0 Å². The van der Waals surface area contributed by atoms with E-state index >= 15 is 0 Å². The first-order valence-electron chi connectivity index (χ1n) is 13.6. The molecule has 0 radical (unpaired) electrons. The van der Waals surface area contributed by atoms with Gasteiger partial charge in [0, 0.05) is 21.7 Å². The molecule has 4 heteroatoms. The number of hydrogen-bond donors (Lipinski definition) is 0. The van der Waals surface area contributed by atoms with Crippen LogP contribution < -0.4 is 0 Å². The molecule has 0 aromatic carbocycles. The summed E-state index contributed by atoms with van der Waals surface area (Å²) < 4.78 is 26.9. The van der Waals surface area contributed by atoms with Crippen molar-refractivity contribution in [3.05, 3.63) is 34.4 Å². The Hall–Kier alpha value is -0.940. The van der Waals surface area contributed by atoms with Crippen molar-refractivity contribution < 1.29 is 18.9 Å². The molecule has 8 aliphatic rings. The fourth-order valence-electron chi connectivity index (χ4n) is 12.4. The highest BCUT2D eigenvalue weighted by Gasteiger charge is 2.90. The van der Waals surface area contributed by atoms with Gasteiger partial charge in [-0.1, -0.05) is 62.1 Å². The minimum Gasteiger partial charge on any atom is -0.346 e. The van der Waals surface area contributed by atoms with Gasteiger partial charge in [-0.05, 0) is 63.2 Å². The zero-order valence-corrected chi connectivity index (χ0v) is 22.1. The highest BCUT2D eigenvalue weighted by molar-refractivity contribution is 5.53. The molecule has 184 valence electrons. The van der Waals surface area contributed by atoms with Gasteiger partial charge in [0.2, 0.25) is 0 Å². The summed E-state index contributed by atoms with van der Waals surface area (Å²) in [5.41, 5.74) is 5.68. The Labute approximate surface area is 204 Å². The second-order valence-electron chi connectivity index (χ2n) is 13.6. The van der Waals surface area contributed by atoms with Crippen molar-refractivity contribution in [1.82, 2.24) is 0 Å². The van der Waals surface area contributed by atoms with E-state index in [0.29, 0.717) is 61.9 Å². The topological polar surface area (TPSA) is 36.9 Å². The van der Waals surface area contributed by atoms with Crippen LogP contribution in [0.5, 0.6) is 0 Å². The Kier molecular flexibility index (Phi) is 3.42. The highest BCUT2D eigenvalue weighted by Crippen LogP contribution is 2.89. The van der Waals surface area contributed by atoms with Crippen LogP contribution in [0.25, 0.3) is 0 Å². The SMILES string of the molecule is CC1=C(C)[C@@]2(C)[C@H]3C=C[C@H]4[C@@H]([C@H]3[C@@]1(C)C21OCCO1)[C@H]1[C@@H]4[C@@]2(C)C(C)=C(C)[C@@]1(C)C21OCCO1. The first-order valence-corrected chi connectivity index (χ1v) is 13.6. The van der Waals surface area contributed by atoms with E-state index in [0.717, 1.165) is 0 Å². The van der Waals surface area contributed by atoms with E-state index in [1.807, 2.05) is 0 Å². The van der Waals surface area contributed by atoms with Gasteiger partial charge in [0.1, 0.15) is 0 Å². The molecule has 3 saturated carbocycles. The number of ether oxygens (including phenoxy) is 4. The zero-order chi connectivity index (χ0) is 23.8. The summed E-state index contributed by atoms with van der Waals surface area (Å²) in [4.78, 5) is 0. The average Bonchev–Trinajstić information content (AvgIpc) is 3.58. The molecule has 4 bridgehead atoms. The Bertz CT molecular complexity index is 1130. The maximum Gasteiger partial charge on any atom is 0.187 e. The third-order valence-corrected chi connectivity index (χ3v) is 14.0. The third-order valence-electron chi connectivity index (χ3n) is 14.0. The van der Waals surface area contributed by atoms with Gasteiger partial charge in [-0.15, -0.1) is 0 Å². The molecule has 2 aliphatic heterocycles. The zero-order valence-electron chi connectivity index (χ0n) is 22.1. The molecule has 0 N–H and O–H groups in total. The van der Waals surface area contributed by atoms with Crippen LogP contribution in [0.15, 0.2) is 34.4 Å². The van der Waals surface area contributed by atoms with Gasteiger partial charge < -0.3 is 18.9 Å². The predicted octanol–water partition coefficient (Wildman–Crippen LogP) is 5.51. The van der Waals surface area contributed by atoms with Crippen molar-refractivity contribution in [2.45, 2.75) is 67.0 Å². The predicted molar refractivity (Wildman–Crippen MR) is 129 cm³/mol. The third kappa shape index (κ3) is 1.47. The number of fused-ring (bicyclic) bond motifs is 10. The fraction of sp³-hybridized carbons (Fsp3) is 0.800. The van der Waals surface area contributed by atoms with Crippen molar-refractivity contribution in [3.63, 3.8) is 0 Å². The summed E-state index contributed by atoms with van der Waals surface area (Å²) in [6.07, 6.45) is 5.19. The Balaban J connectivity index is 1.35. The molecule has 6 aliphatic carbocycles. The van der Waals surface area contributed by atoms with Crippen LogP contribution in [0.1, 0.15) is 55.4 Å². The van der Waals surface area contributed by atoms with E-state index in [-0.39, 0.29) is 21.7 Å². The monoisotopic (exact) mass is 464 g/mol. The lowest BCUT2D eigenvalue weighted by atomic mass is 9.38. The Morgan fingerprint density at radius 2 is 0.971 bits per heavy atom. The molecule has 5 fully saturated rings. The smallest absolute Gasteiger partial charge is 0.187 e. The van der Waals surface area contributed by atoms with Gasteiger partial charge in [0.05, 0.1) is 26.4 Å². The summed E-state index contributed by atoms with van der Waals surface area (Å²) in [5.74, 6) is 2.22. The Morgan fingerprint density at radius 1 is 0.559 bits per heavy atom. The average molecular weight is 465 g/mol. The number of rotatable bonds is 0. The molecule has 4 nitrogen and oxygen atoms in total. The molecule has 2 spiro atoms. The summed E-state index contributed by atoms with van der Waals surface area (Å²) in [6.45, 7) is 22.2. The van der Waals surface area contributed by atoms with E-state index in [9.17, 15) is 0 Å². The van der Waals surface area contributed by atoms with Crippen molar-refractivity contribution in [3.8, 4) is 0 Å². The fourth-order valence-corrected chi connectivity index (χ4v) is 12.4. The highest BCUT2D eigenvalue weighted by atomic mass is 16.7. The van der Waals surface area contributed by atoms with Gasteiger partial charge in [-0.25, -0.2) is 0 Å². The number of allylic oxidation sites excluding steroid dienone is 2. The molecule has 34 heavy (non-hydrogen) atoms. The van der Waals surface area contributed by atoms with Gasteiger partial charge in [0.25, 0.3) is 0 Å². The molecule has 10 atom stereocenters. The summed E-state index contributed by atoms with van der Waals surface area (Å²) in [6, 6.07) is 0. The lowest BCUT2D eigenvalue weighted by Gasteiger charge is -2.64. The molecule has 0 amide bonds. The van der Waals surface area contributed by atoms with E-state index in [1.165, 1.54) is 22.3 Å². The number of hydrogen-bond acceptors (Lipinski definition) is 4. The molecule has 0 aromatic rings. The molecular weight excluding hydrogens is 424 g/mol. The van der Waals surface area contributed by atoms with Gasteiger partial charge in [-0.3, -0.25) is 0 Å². The lowest BCUT2D eigenvalue weighted by Crippen LogP contribution is -2.61. The van der Waals surface area contributed by atoms with E-state index < -0.39 is 11.6 Å². The first kappa shape index (κ1) is 21.2.